The number of urea groups is 1. The molecule has 1 saturated heterocycles. The van der Waals surface area contributed by atoms with Gasteiger partial charge in [0.2, 0.25) is 0 Å². The molecule has 0 saturated carbocycles. The molecule has 0 radical (unpaired) electrons. The van der Waals surface area contributed by atoms with Crippen molar-refractivity contribution in [3.05, 3.63) is 22.7 Å². The summed E-state index contributed by atoms with van der Waals surface area (Å²) >= 11 is 3.32. The number of aliphatic carboxylic acids is 1. The number of carboxylic acids is 1. The normalized spacial score (nSPS) is 20.9. The zero-order chi connectivity index (χ0) is 15.4. The molecule has 2 amide bonds. The van der Waals surface area contributed by atoms with Crippen molar-refractivity contribution in [3.8, 4) is 5.75 Å². The fourth-order valence-corrected chi connectivity index (χ4v) is 2.42. The monoisotopic (exact) mass is 358 g/mol. The van der Waals surface area contributed by atoms with Crippen molar-refractivity contribution >= 4 is 33.6 Å². The van der Waals surface area contributed by atoms with Crippen molar-refractivity contribution in [2.75, 3.05) is 25.6 Å². The third kappa shape index (κ3) is 3.85. The van der Waals surface area contributed by atoms with E-state index in [2.05, 4.69) is 26.6 Å². The molecule has 0 aliphatic carbocycles. The Bertz CT molecular complexity index is 551. The van der Waals surface area contributed by atoms with Crippen LogP contribution < -0.4 is 15.4 Å². The Kier molecular flexibility index (Phi) is 5.03. The maximum atomic E-state index is 11.9. The third-order valence-electron chi connectivity index (χ3n) is 3.12. The lowest BCUT2D eigenvalue weighted by Crippen LogP contribution is -2.44. The number of amides is 2. The van der Waals surface area contributed by atoms with Crippen LogP contribution in [0.5, 0.6) is 5.75 Å². The summed E-state index contributed by atoms with van der Waals surface area (Å²) in [7, 11) is 1.53. The topological polar surface area (TPSA) is 96.9 Å². The van der Waals surface area contributed by atoms with Gasteiger partial charge in [-0.3, -0.25) is 4.79 Å². The molecular formula is C13H15BrN2O5. The Balaban J connectivity index is 1.97. The SMILES string of the molecule is COc1cc(NC(=O)NC2COCC2C(=O)O)ccc1Br. The van der Waals surface area contributed by atoms with Gasteiger partial charge in [-0.25, -0.2) is 4.79 Å². The van der Waals surface area contributed by atoms with Crippen LogP contribution in [0.1, 0.15) is 0 Å². The first-order chi connectivity index (χ1) is 10.0. The fraction of sp³-hybridized carbons (Fsp3) is 0.385. The van der Waals surface area contributed by atoms with Gasteiger partial charge in [0, 0.05) is 11.8 Å². The lowest BCUT2D eigenvalue weighted by atomic mass is 10.0. The van der Waals surface area contributed by atoms with Crippen LogP contribution in [0.2, 0.25) is 0 Å². The van der Waals surface area contributed by atoms with E-state index in [-0.39, 0.29) is 13.2 Å². The quantitative estimate of drug-likeness (QED) is 0.760. The van der Waals surface area contributed by atoms with E-state index in [1.54, 1.807) is 18.2 Å². The second-order valence-electron chi connectivity index (χ2n) is 4.54. The van der Waals surface area contributed by atoms with Gasteiger partial charge in [0.25, 0.3) is 0 Å². The lowest BCUT2D eigenvalue weighted by Gasteiger charge is -2.16. The highest BCUT2D eigenvalue weighted by Gasteiger charge is 2.35. The molecule has 1 fully saturated rings. The Morgan fingerprint density at radius 3 is 2.86 bits per heavy atom. The number of hydrogen-bond acceptors (Lipinski definition) is 4. The highest BCUT2D eigenvalue weighted by atomic mass is 79.9. The van der Waals surface area contributed by atoms with E-state index >= 15 is 0 Å². The summed E-state index contributed by atoms with van der Waals surface area (Å²) in [5.41, 5.74) is 0.540. The van der Waals surface area contributed by atoms with E-state index in [0.29, 0.717) is 11.4 Å². The highest BCUT2D eigenvalue weighted by molar-refractivity contribution is 9.10. The molecule has 2 unspecified atom stereocenters. The van der Waals surface area contributed by atoms with Crippen molar-refractivity contribution in [1.29, 1.82) is 0 Å². The molecule has 1 aliphatic rings. The number of benzene rings is 1. The molecule has 1 aromatic carbocycles. The van der Waals surface area contributed by atoms with E-state index in [1.807, 2.05) is 0 Å². The van der Waals surface area contributed by atoms with Gasteiger partial charge in [0.05, 0.1) is 30.8 Å². The van der Waals surface area contributed by atoms with E-state index < -0.39 is 24.0 Å². The molecule has 1 aliphatic heterocycles. The summed E-state index contributed by atoms with van der Waals surface area (Å²) < 4.78 is 11.0. The third-order valence-corrected chi connectivity index (χ3v) is 3.78. The highest BCUT2D eigenvalue weighted by Crippen LogP contribution is 2.27. The van der Waals surface area contributed by atoms with E-state index in [4.69, 9.17) is 14.6 Å². The molecule has 1 aromatic rings. The smallest absolute Gasteiger partial charge is 0.319 e. The molecule has 2 atom stereocenters. The number of carbonyl (C=O) groups is 2. The number of hydrogen-bond donors (Lipinski definition) is 3. The zero-order valence-corrected chi connectivity index (χ0v) is 12.8. The average Bonchev–Trinajstić information content (AvgIpc) is 2.89. The Labute approximate surface area is 129 Å². The summed E-state index contributed by atoms with van der Waals surface area (Å²) in [4.78, 5) is 22.9. The molecule has 2 rings (SSSR count). The fourth-order valence-electron chi connectivity index (χ4n) is 2.01. The number of rotatable bonds is 4. The zero-order valence-electron chi connectivity index (χ0n) is 11.3. The predicted molar refractivity (Wildman–Crippen MR) is 78.6 cm³/mol. The van der Waals surface area contributed by atoms with Crippen molar-refractivity contribution in [3.63, 3.8) is 0 Å². The van der Waals surface area contributed by atoms with Crippen LogP contribution in [-0.4, -0.2) is 43.5 Å². The van der Waals surface area contributed by atoms with Crippen molar-refractivity contribution in [2.24, 2.45) is 5.92 Å². The summed E-state index contributed by atoms with van der Waals surface area (Å²) in [5, 5.41) is 14.2. The van der Waals surface area contributed by atoms with Crippen LogP contribution in [-0.2, 0) is 9.53 Å². The number of methoxy groups -OCH3 is 1. The number of ether oxygens (including phenoxy) is 2. The van der Waals surface area contributed by atoms with Crippen molar-refractivity contribution in [2.45, 2.75) is 6.04 Å². The first-order valence-corrected chi connectivity index (χ1v) is 7.02. The maximum Gasteiger partial charge on any atom is 0.319 e. The van der Waals surface area contributed by atoms with Crippen LogP contribution in [0.4, 0.5) is 10.5 Å². The van der Waals surface area contributed by atoms with Gasteiger partial charge in [0.15, 0.2) is 0 Å². The minimum atomic E-state index is -0.983. The molecule has 21 heavy (non-hydrogen) atoms. The number of carbonyl (C=O) groups excluding carboxylic acids is 1. The minimum absolute atomic E-state index is 0.104. The van der Waals surface area contributed by atoms with Gasteiger partial charge in [-0.2, -0.15) is 0 Å². The first kappa shape index (κ1) is 15.6. The predicted octanol–water partition coefficient (Wildman–Crippen LogP) is 1.68. The van der Waals surface area contributed by atoms with Gasteiger partial charge in [0.1, 0.15) is 11.7 Å². The molecule has 8 heteroatoms. The minimum Gasteiger partial charge on any atom is -0.495 e. The Morgan fingerprint density at radius 2 is 2.19 bits per heavy atom. The number of carboxylic acid groups (broad SMARTS) is 1. The number of anilines is 1. The number of halogens is 1. The molecule has 114 valence electrons. The maximum absolute atomic E-state index is 11.9. The van der Waals surface area contributed by atoms with Crippen LogP contribution >= 0.6 is 15.9 Å². The van der Waals surface area contributed by atoms with E-state index in [1.165, 1.54) is 7.11 Å². The largest absolute Gasteiger partial charge is 0.495 e. The van der Waals surface area contributed by atoms with Crippen LogP contribution in [0, 0.1) is 5.92 Å². The summed E-state index contributed by atoms with van der Waals surface area (Å²) in [6.07, 6.45) is 0. The molecule has 0 aromatic heterocycles. The van der Waals surface area contributed by atoms with Gasteiger partial charge >= 0.3 is 12.0 Å². The lowest BCUT2D eigenvalue weighted by molar-refractivity contribution is -0.142. The van der Waals surface area contributed by atoms with Crippen LogP contribution in [0.15, 0.2) is 22.7 Å². The summed E-state index contributed by atoms with van der Waals surface area (Å²) in [6.45, 7) is 0.292. The standard InChI is InChI=1S/C13H15BrN2O5/c1-20-11-4-7(2-3-9(11)14)15-13(19)16-10-6-21-5-8(10)12(17)18/h2-4,8,10H,5-6H2,1H3,(H,17,18)(H2,15,16,19). The second-order valence-corrected chi connectivity index (χ2v) is 5.39. The van der Waals surface area contributed by atoms with Crippen molar-refractivity contribution in [1.82, 2.24) is 5.32 Å². The molecule has 3 N–H and O–H groups in total. The Hall–Kier alpha value is -1.80. The Morgan fingerprint density at radius 1 is 1.43 bits per heavy atom. The molecule has 1 heterocycles. The van der Waals surface area contributed by atoms with Gasteiger partial charge in [-0.05, 0) is 28.1 Å². The molecule has 0 spiro atoms. The summed E-state index contributed by atoms with van der Waals surface area (Å²) in [5.74, 6) is -1.13. The van der Waals surface area contributed by atoms with Crippen molar-refractivity contribution < 1.29 is 24.2 Å². The van der Waals surface area contributed by atoms with Crippen LogP contribution in [0.3, 0.4) is 0 Å². The molecule has 0 bridgehead atoms. The van der Waals surface area contributed by atoms with Crippen LogP contribution in [0.25, 0.3) is 0 Å². The second kappa shape index (κ2) is 6.77. The van der Waals surface area contributed by atoms with E-state index in [0.717, 1.165) is 4.47 Å². The average molecular weight is 359 g/mol. The summed E-state index contributed by atoms with van der Waals surface area (Å²) in [6, 6.07) is 4.07. The van der Waals surface area contributed by atoms with Gasteiger partial charge in [-0.15, -0.1) is 0 Å². The van der Waals surface area contributed by atoms with E-state index in [9.17, 15) is 9.59 Å². The molecule has 7 nitrogen and oxygen atoms in total. The first-order valence-electron chi connectivity index (χ1n) is 6.23. The van der Waals surface area contributed by atoms with Gasteiger partial charge < -0.3 is 25.2 Å². The molecular weight excluding hydrogens is 344 g/mol. The van der Waals surface area contributed by atoms with Gasteiger partial charge in [-0.1, -0.05) is 0 Å². The number of nitrogens with one attached hydrogen (secondary N) is 2.